The van der Waals surface area contributed by atoms with Crippen molar-refractivity contribution in [2.24, 2.45) is 0 Å². The molecule has 0 fully saturated rings. The van der Waals surface area contributed by atoms with Gasteiger partial charge in [-0.15, -0.1) is 0 Å². The van der Waals surface area contributed by atoms with Crippen molar-refractivity contribution in [3.05, 3.63) is 0 Å². The molecule has 0 aliphatic rings. The molecule has 0 amide bonds. The van der Waals surface area contributed by atoms with Gasteiger partial charge in [-0.3, -0.25) is 0 Å². The zero-order valence-electron chi connectivity index (χ0n) is 2.43. The van der Waals surface area contributed by atoms with E-state index in [1.54, 1.807) is 0 Å². The van der Waals surface area contributed by atoms with E-state index in [1.807, 2.05) is 0 Å². The van der Waals surface area contributed by atoms with Crippen LogP contribution in [0, 0.1) is 79.7 Å². The molecule has 0 aliphatic heterocycles. The van der Waals surface area contributed by atoms with E-state index in [2.05, 4.69) is 3.11 Å². The Bertz CT molecular complexity index is 8.00. The van der Waals surface area contributed by atoms with E-state index in [0.717, 1.165) is 0 Å². The molecule has 0 rings (SSSR count). The molecule has 0 aromatic rings. The molecule has 0 aliphatic carbocycles. The molecule has 0 unspecified atom stereocenters. The quantitative estimate of drug-likeness (QED) is 0.494. The van der Waals surface area contributed by atoms with Crippen molar-refractivity contribution in [2.75, 3.05) is 0 Å². The normalized spacial score (nSPS) is 0.750. The Balaban J connectivity index is -0.00000000500. The standard InChI is InChI=1S/BH2.Fe.Nd.Pr/h1H2;;;/q+1;;;-1. The Morgan fingerprint density at radius 2 is 1.25 bits per heavy atom. The molecule has 0 saturated carbocycles. The van der Waals surface area contributed by atoms with Crippen molar-refractivity contribution >= 4 is 3.11 Å². The van der Waals surface area contributed by atoms with Crippen LogP contribution in [-0.4, -0.2) is 3.11 Å². The fourth-order valence-electron chi connectivity index (χ4n) is 0. The van der Waals surface area contributed by atoms with Crippen LogP contribution in [0.4, 0.5) is 0 Å². The monoisotopic (exact) mass is 352 g/mol. The van der Waals surface area contributed by atoms with Gasteiger partial charge in [0.2, 0.25) is 0 Å². The molecule has 0 aromatic carbocycles. The Morgan fingerprint density at radius 1 is 1.25 bits per heavy atom. The van der Waals surface area contributed by atoms with E-state index in [0.29, 0.717) is 0 Å². The molecule has 0 atom stereocenters. The van der Waals surface area contributed by atoms with Gasteiger partial charge in [0.25, 0.3) is 0 Å². The minimum Gasteiger partial charge on any atom is 0 e. The first kappa shape index (κ1) is 15.7. The Hall–Kier alpha value is 3.30. The van der Waals surface area contributed by atoms with Crippen LogP contribution in [0.2, 0.25) is 0 Å². The van der Waals surface area contributed by atoms with Gasteiger partial charge in [-0.05, 0) is 0 Å². The number of rotatable bonds is 0. The van der Waals surface area contributed by atoms with E-state index in [1.165, 1.54) is 38.9 Å². The zero-order chi connectivity index (χ0) is 2.00. The third-order valence-electron chi connectivity index (χ3n) is 0. The van der Waals surface area contributed by atoms with Gasteiger partial charge in [-0.2, -0.15) is 0 Å². The van der Waals surface area contributed by atoms with Crippen molar-refractivity contribution in [1.82, 2.24) is 0 Å². The van der Waals surface area contributed by atoms with Crippen molar-refractivity contribution < 1.29 is 96.8 Å². The molecular weight excluding hydrogens is 352 g/mol. The molecule has 4 heteroatoms. The molecule has 0 saturated heterocycles. The van der Waals surface area contributed by atoms with Crippen molar-refractivity contribution in [1.29, 1.82) is 0 Å². The second kappa shape index (κ2) is 16.3. The first-order valence-corrected chi connectivity index (χ1v) is 4.28. The summed E-state index contributed by atoms with van der Waals surface area (Å²) < 4.78 is 2.17. The van der Waals surface area contributed by atoms with E-state index in [9.17, 15) is 0 Å². The molecule has 20 valence electrons. The molecule has 0 bridgehead atoms. The minimum atomic E-state index is 0. The molecular formula is H2BFeNdPr. The maximum absolute atomic E-state index is 2.17. The van der Waals surface area contributed by atoms with Crippen LogP contribution >= 0.6 is 0 Å². The Kier molecular flexibility index (Phi) is 63.7. The fraction of sp³-hybridized carbons (Fsp3) is 0. The Morgan fingerprint density at radius 3 is 1.25 bits per heavy atom. The van der Waals surface area contributed by atoms with Crippen LogP contribution in [0.25, 0.3) is 0 Å². The summed E-state index contributed by atoms with van der Waals surface area (Å²) in [5, 5.41) is 0. The average molecular weight is 354 g/mol. The number of hydrogen-bond acceptors (Lipinski definition) is 0. The van der Waals surface area contributed by atoms with Crippen LogP contribution < -0.4 is 0 Å². The van der Waals surface area contributed by atoms with Crippen molar-refractivity contribution in [2.45, 2.75) is 0 Å². The first-order chi connectivity index (χ1) is 1.00. The summed E-state index contributed by atoms with van der Waals surface area (Å²) in [5.41, 5.74) is 0. The second-order valence-electron chi connectivity index (χ2n) is 0. The van der Waals surface area contributed by atoms with Crippen LogP contribution in [0.15, 0.2) is 0 Å². The van der Waals surface area contributed by atoms with Crippen molar-refractivity contribution in [3.63, 3.8) is 0 Å². The molecule has 0 nitrogen and oxygen atoms in total. The van der Waals surface area contributed by atoms with E-state index >= 15 is 0 Å². The topological polar surface area (TPSA) is 0 Å². The molecule has 0 aromatic heterocycles. The summed E-state index contributed by atoms with van der Waals surface area (Å²) in [6, 6.07) is 0. The van der Waals surface area contributed by atoms with Gasteiger partial charge in [0.1, 0.15) is 0 Å². The number of hydrogen-bond donors (Lipinski definition) is 0. The summed E-state index contributed by atoms with van der Waals surface area (Å²) in [5.74, 6) is 0. The predicted molar refractivity (Wildman–Crippen MR) is 8.54 cm³/mol. The smallest absolute Gasteiger partial charge is 0 e. The predicted octanol–water partition coefficient (Wildman–Crippen LogP) is -0.919. The third-order valence-corrected chi connectivity index (χ3v) is 0. The van der Waals surface area contributed by atoms with Gasteiger partial charge in [0.05, 0.1) is 0 Å². The zero-order valence-corrected chi connectivity index (χ0v) is 10.4. The van der Waals surface area contributed by atoms with Gasteiger partial charge >= 0.3 is 42.0 Å². The molecule has 0 N–H and O–H groups in total. The van der Waals surface area contributed by atoms with E-state index in [4.69, 9.17) is 0 Å². The minimum absolute atomic E-state index is 0. The van der Waals surface area contributed by atoms with Crippen LogP contribution in [0.1, 0.15) is 0 Å². The third kappa shape index (κ3) is 9.00. The van der Waals surface area contributed by atoms with E-state index in [-0.39, 0.29) is 57.9 Å². The van der Waals surface area contributed by atoms with Crippen LogP contribution in [0.5, 0.6) is 0 Å². The van der Waals surface area contributed by atoms with Crippen LogP contribution in [-0.2, 0) is 17.1 Å². The molecule has 0 radical (unpaired) electrons. The second-order valence-corrected chi connectivity index (χ2v) is 0. The summed E-state index contributed by atoms with van der Waals surface area (Å²) >= 11 is 1.17. The van der Waals surface area contributed by atoms with Crippen LogP contribution in [0.3, 0.4) is 0 Å². The van der Waals surface area contributed by atoms with E-state index < -0.39 is 0 Å². The maximum atomic E-state index is 2.17. The maximum Gasteiger partial charge on any atom is 0 e. The summed E-state index contributed by atoms with van der Waals surface area (Å²) in [6.45, 7) is 0. The van der Waals surface area contributed by atoms with Gasteiger partial charge in [-0.1, -0.05) is 0 Å². The van der Waals surface area contributed by atoms with Crippen molar-refractivity contribution in [3.8, 4) is 0 Å². The first-order valence-electron chi connectivity index (χ1n) is 0.577. The largest absolute Gasteiger partial charge is 0 e. The SMILES string of the molecule is [BH2][Pr].[Fe].[Nd]. The summed E-state index contributed by atoms with van der Waals surface area (Å²) in [6.07, 6.45) is 0. The van der Waals surface area contributed by atoms with Gasteiger partial charge < -0.3 is 0 Å². The molecule has 0 heterocycles. The summed E-state index contributed by atoms with van der Waals surface area (Å²) in [7, 11) is 0. The average Bonchev–Trinajstić information content (AvgIpc) is 1.00. The van der Waals surface area contributed by atoms with Gasteiger partial charge in [-0.25, -0.2) is 0 Å². The summed E-state index contributed by atoms with van der Waals surface area (Å²) in [4.78, 5) is 0. The van der Waals surface area contributed by atoms with Gasteiger partial charge in [0, 0.05) is 57.9 Å². The fourth-order valence-corrected chi connectivity index (χ4v) is 0. The molecule has 0 spiro atoms. The Labute approximate surface area is 97.1 Å². The van der Waals surface area contributed by atoms with Gasteiger partial charge in [0.15, 0.2) is 0 Å². The molecule has 4 heavy (non-hydrogen) atoms.